The van der Waals surface area contributed by atoms with Gasteiger partial charge in [-0.1, -0.05) is 13.8 Å². The van der Waals surface area contributed by atoms with Gasteiger partial charge in [-0.05, 0) is 24.3 Å². The third-order valence-electron chi connectivity index (χ3n) is 2.86. The van der Waals surface area contributed by atoms with Gasteiger partial charge in [0.1, 0.15) is 11.5 Å². The maximum Gasteiger partial charge on any atom is 0.416 e. The van der Waals surface area contributed by atoms with Crippen molar-refractivity contribution in [3.05, 3.63) is 41.3 Å². The predicted molar refractivity (Wildman–Crippen MR) is 67.0 cm³/mol. The molecule has 0 saturated carbocycles. The van der Waals surface area contributed by atoms with Crippen molar-refractivity contribution in [3.63, 3.8) is 0 Å². The molecule has 1 heterocycles. The number of aliphatic hydroxyl groups excluding tert-OH is 1. The number of benzene rings is 1. The fourth-order valence-corrected chi connectivity index (χ4v) is 1.85. The largest absolute Gasteiger partial charge is 0.441 e. The highest BCUT2D eigenvalue weighted by Crippen LogP contribution is 2.32. The Hall–Kier alpha value is -1.82. The van der Waals surface area contributed by atoms with E-state index in [1.165, 1.54) is 12.1 Å². The lowest BCUT2D eigenvalue weighted by molar-refractivity contribution is -0.137. The van der Waals surface area contributed by atoms with E-state index in [0.717, 1.165) is 12.1 Å². The van der Waals surface area contributed by atoms with Crippen LogP contribution in [0.4, 0.5) is 13.2 Å². The van der Waals surface area contributed by atoms with Crippen molar-refractivity contribution in [2.24, 2.45) is 0 Å². The zero-order chi connectivity index (χ0) is 14.9. The average molecular weight is 285 g/mol. The molecule has 0 atom stereocenters. The SMILES string of the molecule is CC(C)c1oc(-c2ccc(C(F)(F)F)cc2)nc1CO. The second-order valence-corrected chi connectivity index (χ2v) is 4.72. The van der Waals surface area contributed by atoms with E-state index in [2.05, 4.69) is 4.98 Å². The summed E-state index contributed by atoms with van der Waals surface area (Å²) in [6.45, 7) is 3.50. The number of alkyl halides is 3. The molecule has 0 radical (unpaired) electrons. The summed E-state index contributed by atoms with van der Waals surface area (Å²) < 4.78 is 43.0. The van der Waals surface area contributed by atoms with E-state index in [0.29, 0.717) is 17.0 Å². The molecule has 0 unspecified atom stereocenters. The summed E-state index contributed by atoms with van der Waals surface area (Å²) in [5.74, 6) is 0.793. The van der Waals surface area contributed by atoms with E-state index in [4.69, 9.17) is 4.42 Å². The molecule has 6 heteroatoms. The molecule has 0 saturated heterocycles. The second-order valence-electron chi connectivity index (χ2n) is 4.72. The number of hydrogen-bond acceptors (Lipinski definition) is 3. The number of rotatable bonds is 3. The van der Waals surface area contributed by atoms with Gasteiger partial charge >= 0.3 is 6.18 Å². The van der Waals surface area contributed by atoms with Crippen LogP contribution >= 0.6 is 0 Å². The van der Waals surface area contributed by atoms with Crippen LogP contribution in [0.15, 0.2) is 28.7 Å². The minimum absolute atomic E-state index is 0.0350. The number of oxazole rings is 1. The summed E-state index contributed by atoms with van der Waals surface area (Å²) in [5, 5.41) is 9.21. The van der Waals surface area contributed by atoms with Crippen molar-refractivity contribution >= 4 is 0 Å². The quantitative estimate of drug-likeness (QED) is 0.928. The molecule has 2 rings (SSSR count). The number of aromatic nitrogens is 1. The van der Waals surface area contributed by atoms with E-state index in [-0.39, 0.29) is 18.4 Å². The number of nitrogens with zero attached hydrogens (tertiary/aromatic N) is 1. The van der Waals surface area contributed by atoms with Gasteiger partial charge in [0.25, 0.3) is 0 Å². The van der Waals surface area contributed by atoms with E-state index in [1.54, 1.807) is 0 Å². The molecular weight excluding hydrogens is 271 g/mol. The lowest BCUT2D eigenvalue weighted by Gasteiger charge is -2.06. The van der Waals surface area contributed by atoms with Crippen molar-refractivity contribution in [2.45, 2.75) is 32.5 Å². The van der Waals surface area contributed by atoms with E-state index in [1.807, 2.05) is 13.8 Å². The van der Waals surface area contributed by atoms with Crippen molar-refractivity contribution < 1.29 is 22.7 Å². The van der Waals surface area contributed by atoms with Gasteiger partial charge in [0.2, 0.25) is 5.89 Å². The fourth-order valence-electron chi connectivity index (χ4n) is 1.85. The molecule has 0 amide bonds. The Labute approximate surface area is 114 Å². The summed E-state index contributed by atoms with van der Waals surface area (Å²) in [6, 6.07) is 4.57. The molecule has 0 spiro atoms. The van der Waals surface area contributed by atoms with Gasteiger partial charge in [-0.2, -0.15) is 13.2 Å². The van der Waals surface area contributed by atoms with E-state index < -0.39 is 11.7 Å². The van der Waals surface area contributed by atoms with Crippen LogP contribution in [-0.4, -0.2) is 10.1 Å². The summed E-state index contributed by atoms with van der Waals surface area (Å²) in [6.07, 6.45) is -4.37. The maximum absolute atomic E-state index is 12.5. The highest BCUT2D eigenvalue weighted by Gasteiger charge is 2.30. The van der Waals surface area contributed by atoms with E-state index >= 15 is 0 Å². The zero-order valence-corrected chi connectivity index (χ0v) is 11.0. The monoisotopic (exact) mass is 285 g/mol. The van der Waals surface area contributed by atoms with Crippen LogP contribution in [0.25, 0.3) is 11.5 Å². The smallest absolute Gasteiger partial charge is 0.416 e. The first-order valence-electron chi connectivity index (χ1n) is 6.11. The Morgan fingerprint density at radius 1 is 1.20 bits per heavy atom. The van der Waals surface area contributed by atoms with Crippen LogP contribution in [0.1, 0.15) is 36.8 Å². The Morgan fingerprint density at radius 2 is 1.80 bits per heavy atom. The predicted octanol–water partition coefficient (Wildman–Crippen LogP) is 3.98. The van der Waals surface area contributed by atoms with Gasteiger partial charge in [0, 0.05) is 11.5 Å². The van der Waals surface area contributed by atoms with Crippen molar-refractivity contribution in [3.8, 4) is 11.5 Å². The zero-order valence-electron chi connectivity index (χ0n) is 11.0. The fraction of sp³-hybridized carbons (Fsp3) is 0.357. The summed E-state index contributed by atoms with van der Waals surface area (Å²) in [4.78, 5) is 4.11. The van der Waals surface area contributed by atoms with Crippen molar-refractivity contribution in [2.75, 3.05) is 0 Å². The Morgan fingerprint density at radius 3 is 2.20 bits per heavy atom. The highest BCUT2D eigenvalue weighted by atomic mass is 19.4. The number of aliphatic hydroxyl groups is 1. The van der Waals surface area contributed by atoms with Crippen molar-refractivity contribution in [1.82, 2.24) is 4.98 Å². The Bertz CT molecular complexity index is 585. The minimum atomic E-state index is -4.37. The summed E-state index contributed by atoms with van der Waals surface area (Å²) >= 11 is 0. The first-order valence-corrected chi connectivity index (χ1v) is 6.11. The molecule has 20 heavy (non-hydrogen) atoms. The molecule has 1 aromatic carbocycles. The Kier molecular flexibility index (Phi) is 3.85. The van der Waals surface area contributed by atoms with Gasteiger partial charge in [-0.25, -0.2) is 4.98 Å². The van der Waals surface area contributed by atoms with Gasteiger partial charge in [0.15, 0.2) is 0 Å². The van der Waals surface area contributed by atoms with Gasteiger partial charge in [-0.3, -0.25) is 0 Å². The lowest BCUT2D eigenvalue weighted by Crippen LogP contribution is -2.03. The standard InChI is InChI=1S/C14H14F3NO2/c1-8(2)12-11(7-19)18-13(20-12)9-3-5-10(6-4-9)14(15,16)17/h3-6,8,19H,7H2,1-2H3. The number of hydrogen-bond donors (Lipinski definition) is 1. The molecule has 0 fully saturated rings. The van der Waals surface area contributed by atoms with Crippen LogP contribution in [0.3, 0.4) is 0 Å². The summed E-state index contributed by atoms with van der Waals surface area (Å²) in [5.41, 5.74) is 0.133. The van der Waals surface area contributed by atoms with Gasteiger partial charge < -0.3 is 9.52 Å². The molecule has 0 bridgehead atoms. The molecule has 2 aromatic rings. The lowest BCUT2D eigenvalue weighted by atomic mass is 10.1. The van der Waals surface area contributed by atoms with Gasteiger partial charge in [-0.15, -0.1) is 0 Å². The topological polar surface area (TPSA) is 46.3 Å². The molecule has 0 aliphatic rings. The normalized spacial score (nSPS) is 12.2. The van der Waals surface area contributed by atoms with Crippen LogP contribution in [0, 0.1) is 0 Å². The molecule has 0 aliphatic heterocycles. The van der Waals surface area contributed by atoms with Crippen LogP contribution in [0.2, 0.25) is 0 Å². The van der Waals surface area contributed by atoms with E-state index in [9.17, 15) is 18.3 Å². The third kappa shape index (κ3) is 2.85. The molecule has 3 nitrogen and oxygen atoms in total. The second kappa shape index (κ2) is 5.28. The first-order chi connectivity index (χ1) is 9.32. The van der Waals surface area contributed by atoms with Crippen LogP contribution in [-0.2, 0) is 12.8 Å². The minimum Gasteiger partial charge on any atom is -0.441 e. The summed E-state index contributed by atoms with van der Waals surface area (Å²) in [7, 11) is 0. The maximum atomic E-state index is 12.5. The molecule has 108 valence electrons. The molecular formula is C14H14F3NO2. The molecule has 1 N–H and O–H groups in total. The number of halogens is 3. The Balaban J connectivity index is 2.37. The highest BCUT2D eigenvalue weighted by molar-refractivity contribution is 5.54. The van der Waals surface area contributed by atoms with Crippen molar-refractivity contribution in [1.29, 1.82) is 0 Å². The average Bonchev–Trinajstić information content (AvgIpc) is 2.82. The van der Waals surface area contributed by atoms with Gasteiger partial charge in [0.05, 0.1) is 12.2 Å². The van der Waals surface area contributed by atoms with Crippen LogP contribution < -0.4 is 0 Å². The first kappa shape index (κ1) is 14.6. The third-order valence-corrected chi connectivity index (χ3v) is 2.86. The molecule has 1 aromatic heterocycles. The van der Waals surface area contributed by atoms with Crippen LogP contribution in [0.5, 0.6) is 0 Å². The molecule has 0 aliphatic carbocycles.